The first-order valence-corrected chi connectivity index (χ1v) is 6.28. The SMILES string of the molecule is C[C@@H](NC(=O)C1(C)CCNC1)c1ccc(F)cc1. The summed E-state index contributed by atoms with van der Waals surface area (Å²) < 4.78 is 12.8. The van der Waals surface area contributed by atoms with Crippen LogP contribution in [0.3, 0.4) is 0 Å². The van der Waals surface area contributed by atoms with Crippen molar-refractivity contribution in [2.45, 2.75) is 26.3 Å². The number of carbonyl (C=O) groups is 1. The molecular formula is C14H19FN2O. The van der Waals surface area contributed by atoms with Crippen LogP contribution in [0.4, 0.5) is 4.39 Å². The van der Waals surface area contributed by atoms with E-state index in [0.29, 0.717) is 0 Å². The molecule has 0 aromatic heterocycles. The number of rotatable bonds is 3. The minimum Gasteiger partial charge on any atom is -0.349 e. The van der Waals surface area contributed by atoms with E-state index in [4.69, 9.17) is 0 Å². The smallest absolute Gasteiger partial charge is 0.227 e. The molecule has 18 heavy (non-hydrogen) atoms. The van der Waals surface area contributed by atoms with Gasteiger partial charge in [-0.15, -0.1) is 0 Å². The Balaban J connectivity index is 2.00. The molecule has 4 heteroatoms. The van der Waals surface area contributed by atoms with Crippen molar-refractivity contribution in [2.24, 2.45) is 5.41 Å². The third-order valence-electron chi connectivity index (χ3n) is 3.63. The maximum Gasteiger partial charge on any atom is 0.227 e. The topological polar surface area (TPSA) is 41.1 Å². The van der Waals surface area contributed by atoms with E-state index in [1.54, 1.807) is 12.1 Å². The maximum absolute atomic E-state index is 12.8. The first kappa shape index (κ1) is 13.0. The Hall–Kier alpha value is -1.42. The van der Waals surface area contributed by atoms with E-state index >= 15 is 0 Å². The largest absolute Gasteiger partial charge is 0.349 e. The van der Waals surface area contributed by atoms with Crippen molar-refractivity contribution in [1.82, 2.24) is 10.6 Å². The second-order valence-electron chi connectivity index (χ2n) is 5.23. The fraction of sp³-hybridized carbons (Fsp3) is 0.500. The average Bonchev–Trinajstić information content (AvgIpc) is 2.78. The first-order chi connectivity index (χ1) is 8.51. The molecule has 1 saturated heterocycles. The summed E-state index contributed by atoms with van der Waals surface area (Å²) in [4.78, 5) is 12.2. The lowest BCUT2D eigenvalue weighted by Crippen LogP contribution is -2.41. The molecule has 2 rings (SSSR count). The molecule has 2 N–H and O–H groups in total. The van der Waals surface area contributed by atoms with Gasteiger partial charge in [-0.2, -0.15) is 0 Å². The molecule has 0 spiro atoms. The number of halogens is 1. The lowest BCUT2D eigenvalue weighted by atomic mass is 9.88. The Bertz CT molecular complexity index is 424. The quantitative estimate of drug-likeness (QED) is 0.861. The summed E-state index contributed by atoms with van der Waals surface area (Å²) >= 11 is 0. The Morgan fingerprint density at radius 2 is 2.11 bits per heavy atom. The van der Waals surface area contributed by atoms with Crippen LogP contribution in [-0.4, -0.2) is 19.0 Å². The van der Waals surface area contributed by atoms with Crippen LogP contribution < -0.4 is 10.6 Å². The molecule has 1 unspecified atom stereocenters. The number of hydrogen-bond acceptors (Lipinski definition) is 2. The highest BCUT2D eigenvalue weighted by Gasteiger charge is 2.36. The molecule has 1 heterocycles. The molecule has 1 fully saturated rings. The molecule has 0 saturated carbocycles. The Kier molecular flexibility index (Phi) is 3.66. The van der Waals surface area contributed by atoms with Crippen LogP contribution in [0.25, 0.3) is 0 Å². The van der Waals surface area contributed by atoms with E-state index in [1.165, 1.54) is 12.1 Å². The zero-order valence-corrected chi connectivity index (χ0v) is 10.8. The highest BCUT2D eigenvalue weighted by Crippen LogP contribution is 2.26. The van der Waals surface area contributed by atoms with Gasteiger partial charge in [0.15, 0.2) is 0 Å². The van der Waals surface area contributed by atoms with Crippen LogP contribution in [0.5, 0.6) is 0 Å². The lowest BCUT2D eigenvalue weighted by Gasteiger charge is -2.24. The Labute approximate surface area is 107 Å². The summed E-state index contributed by atoms with van der Waals surface area (Å²) in [5, 5.41) is 6.20. The number of nitrogens with one attached hydrogen (secondary N) is 2. The van der Waals surface area contributed by atoms with Crippen molar-refractivity contribution in [1.29, 1.82) is 0 Å². The second-order valence-corrected chi connectivity index (χ2v) is 5.23. The normalized spacial score (nSPS) is 24.8. The van der Waals surface area contributed by atoms with Crippen LogP contribution in [0.2, 0.25) is 0 Å². The second kappa shape index (κ2) is 5.06. The minimum absolute atomic E-state index is 0.0596. The van der Waals surface area contributed by atoms with Crippen molar-refractivity contribution in [3.63, 3.8) is 0 Å². The predicted octanol–water partition coefficient (Wildman–Crippen LogP) is 2.00. The first-order valence-electron chi connectivity index (χ1n) is 6.28. The molecule has 1 aromatic rings. The van der Waals surface area contributed by atoms with Crippen LogP contribution >= 0.6 is 0 Å². The van der Waals surface area contributed by atoms with Crippen molar-refractivity contribution >= 4 is 5.91 Å². The summed E-state index contributed by atoms with van der Waals surface area (Å²) in [5.74, 6) is -0.200. The van der Waals surface area contributed by atoms with E-state index < -0.39 is 0 Å². The van der Waals surface area contributed by atoms with E-state index in [2.05, 4.69) is 10.6 Å². The molecule has 0 radical (unpaired) electrons. The van der Waals surface area contributed by atoms with Crippen molar-refractivity contribution < 1.29 is 9.18 Å². The number of amides is 1. The summed E-state index contributed by atoms with van der Waals surface area (Å²) in [6.45, 7) is 5.49. The number of carbonyl (C=O) groups excluding carboxylic acids is 1. The third kappa shape index (κ3) is 2.70. The predicted molar refractivity (Wildman–Crippen MR) is 68.6 cm³/mol. The fourth-order valence-corrected chi connectivity index (χ4v) is 2.22. The summed E-state index contributed by atoms with van der Waals surface area (Å²) in [7, 11) is 0. The van der Waals surface area contributed by atoms with Gasteiger partial charge in [0.05, 0.1) is 11.5 Å². The van der Waals surface area contributed by atoms with Gasteiger partial charge >= 0.3 is 0 Å². The van der Waals surface area contributed by atoms with Gasteiger partial charge in [0.25, 0.3) is 0 Å². The van der Waals surface area contributed by atoms with Gasteiger partial charge in [0.1, 0.15) is 5.82 Å². The molecule has 3 nitrogen and oxygen atoms in total. The van der Waals surface area contributed by atoms with Crippen molar-refractivity contribution in [3.05, 3.63) is 35.6 Å². The van der Waals surface area contributed by atoms with E-state index in [-0.39, 0.29) is 23.2 Å². The lowest BCUT2D eigenvalue weighted by molar-refractivity contribution is -0.129. The highest BCUT2D eigenvalue weighted by molar-refractivity contribution is 5.83. The molecule has 1 aromatic carbocycles. The fourth-order valence-electron chi connectivity index (χ4n) is 2.22. The molecule has 0 aliphatic carbocycles. The molecule has 98 valence electrons. The molecule has 1 aliphatic heterocycles. The van der Waals surface area contributed by atoms with Crippen molar-refractivity contribution in [3.8, 4) is 0 Å². The van der Waals surface area contributed by atoms with Gasteiger partial charge in [-0.1, -0.05) is 12.1 Å². The Morgan fingerprint density at radius 1 is 1.44 bits per heavy atom. The zero-order valence-electron chi connectivity index (χ0n) is 10.8. The van der Waals surface area contributed by atoms with Gasteiger partial charge in [-0.05, 0) is 44.5 Å². The molecule has 2 atom stereocenters. The van der Waals surface area contributed by atoms with Gasteiger partial charge in [0, 0.05) is 6.54 Å². The highest BCUT2D eigenvalue weighted by atomic mass is 19.1. The average molecular weight is 250 g/mol. The summed E-state index contributed by atoms with van der Waals surface area (Å²) in [5.41, 5.74) is 0.591. The Morgan fingerprint density at radius 3 is 2.67 bits per heavy atom. The van der Waals surface area contributed by atoms with Gasteiger partial charge in [-0.3, -0.25) is 4.79 Å². The van der Waals surface area contributed by atoms with Gasteiger partial charge < -0.3 is 10.6 Å². The molecule has 0 bridgehead atoms. The molecule has 1 amide bonds. The van der Waals surface area contributed by atoms with Gasteiger partial charge in [0.2, 0.25) is 5.91 Å². The standard InChI is InChI=1S/C14H19FN2O/c1-10(11-3-5-12(15)6-4-11)17-13(18)14(2)7-8-16-9-14/h3-6,10,16H,7-9H2,1-2H3,(H,17,18)/t10-,14?/m1/s1. The molecular weight excluding hydrogens is 231 g/mol. The summed E-state index contributed by atoms with van der Waals surface area (Å²) in [6.07, 6.45) is 0.856. The van der Waals surface area contributed by atoms with E-state index in [1.807, 2.05) is 13.8 Å². The summed E-state index contributed by atoms with van der Waals surface area (Å²) in [6, 6.07) is 6.13. The third-order valence-corrected chi connectivity index (χ3v) is 3.63. The monoisotopic (exact) mass is 250 g/mol. The van der Waals surface area contributed by atoms with E-state index in [9.17, 15) is 9.18 Å². The van der Waals surface area contributed by atoms with E-state index in [0.717, 1.165) is 25.1 Å². The zero-order chi connectivity index (χ0) is 13.2. The maximum atomic E-state index is 12.8. The molecule has 1 aliphatic rings. The minimum atomic E-state index is -0.325. The van der Waals surface area contributed by atoms with Crippen molar-refractivity contribution in [2.75, 3.05) is 13.1 Å². The van der Waals surface area contributed by atoms with Crippen LogP contribution in [0.1, 0.15) is 31.9 Å². The van der Waals surface area contributed by atoms with Crippen LogP contribution in [0, 0.1) is 11.2 Å². The van der Waals surface area contributed by atoms with Gasteiger partial charge in [-0.25, -0.2) is 4.39 Å². The number of hydrogen-bond donors (Lipinski definition) is 2. The van der Waals surface area contributed by atoms with Crippen LogP contribution in [-0.2, 0) is 4.79 Å². The number of benzene rings is 1. The van der Waals surface area contributed by atoms with Crippen LogP contribution in [0.15, 0.2) is 24.3 Å².